The first-order chi connectivity index (χ1) is 11.2. The number of nitriles is 1. The van der Waals surface area contributed by atoms with Crippen molar-refractivity contribution in [1.29, 1.82) is 5.26 Å². The topological polar surface area (TPSA) is 40.9 Å². The first-order valence-corrected chi connectivity index (χ1v) is 8.05. The van der Waals surface area contributed by atoms with Crippen LogP contribution in [0.3, 0.4) is 0 Å². The summed E-state index contributed by atoms with van der Waals surface area (Å²) in [6.45, 7) is 0. The second kappa shape index (κ2) is 5.21. The highest BCUT2D eigenvalue weighted by Crippen LogP contribution is 2.46. The molecule has 0 fully saturated rings. The predicted molar refractivity (Wildman–Crippen MR) is 90.1 cm³/mol. The lowest BCUT2D eigenvalue weighted by Crippen LogP contribution is -2.28. The van der Waals surface area contributed by atoms with Crippen LogP contribution in [0, 0.1) is 16.7 Å². The minimum atomic E-state index is -0.204. The Bertz CT molecular complexity index is 872. The van der Waals surface area contributed by atoms with Gasteiger partial charge < -0.3 is 0 Å². The van der Waals surface area contributed by atoms with Crippen LogP contribution in [0.15, 0.2) is 54.6 Å². The van der Waals surface area contributed by atoms with Crippen molar-refractivity contribution in [2.45, 2.75) is 25.7 Å². The summed E-state index contributed by atoms with van der Waals surface area (Å²) in [4.78, 5) is 13.0. The quantitative estimate of drug-likeness (QED) is 0.717. The molecule has 4 rings (SSSR count). The third kappa shape index (κ3) is 2.21. The van der Waals surface area contributed by atoms with E-state index >= 15 is 0 Å². The minimum absolute atomic E-state index is 0.204. The van der Waals surface area contributed by atoms with E-state index in [1.165, 1.54) is 5.56 Å². The van der Waals surface area contributed by atoms with Crippen molar-refractivity contribution in [2.75, 3.05) is 0 Å². The fourth-order valence-electron chi connectivity index (χ4n) is 3.88. The molecule has 0 radical (unpaired) electrons. The predicted octanol–water partition coefficient (Wildman–Crippen LogP) is 4.69. The molecule has 0 aliphatic heterocycles. The number of hydrogen-bond acceptors (Lipinski definition) is 2. The Balaban J connectivity index is 1.75. The first kappa shape index (κ1) is 14.0. The summed E-state index contributed by atoms with van der Waals surface area (Å²) in [5, 5.41) is 9.06. The maximum absolute atomic E-state index is 13.0. The summed E-state index contributed by atoms with van der Waals surface area (Å²) in [5.74, 6) is 0.301. The van der Waals surface area contributed by atoms with Gasteiger partial charge in [-0.05, 0) is 60.6 Å². The zero-order valence-electron chi connectivity index (χ0n) is 12.9. The van der Waals surface area contributed by atoms with Gasteiger partial charge in [-0.15, -0.1) is 0 Å². The molecule has 1 spiro atoms. The zero-order chi connectivity index (χ0) is 15.9. The third-order valence-corrected chi connectivity index (χ3v) is 5.15. The van der Waals surface area contributed by atoms with Crippen LogP contribution in [0.2, 0.25) is 0 Å². The minimum Gasteiger partial charge on any atom is -0.294 e. The van der Waals surface area contributed by atoms with Crippen LogP contribution in [-0.2, 0) is 6.42 Å². The highest BCUT2D eigenvalue weighted by atomic mass is 16.1. The first-order valence-electron chi connectivity index (χ1n) is 8.05. The Kier molecular flexibility index (Phi) is 3.16. The van der Waals surface area contributed by atoms with Gasteiger partial charge in [0.1, 0.15) is 0 Å². The number of ketones is 1. The molecule has 2 nitrogen and oxygen atoms in total. The average Bonchev–Trinajstić information content (AvgIpc) is 2.87. The highest BCUT2D eigenvalue weighted by molar-refractivity contribution is 6.06. The lowest BCUT2D eigenvalue weighted by atomic mass is 9.74. The van der Waals surface area contributed by atoms with Crippen LogP contribution in [0.1, 0.15) is 40.7 Å². The number of rotatable bonds is 1. The van der Waals surface area contributed by atoms with Gasteiger partial charge in [0.15, 0.2) is 5.78 Å². The van der Waals surface area contributed by atoms with Crippen molar-refractivity contribution < 1.29 is 4.79 Å². The fraction of sp³-hybridized carbons (Fsp3) is 0.238. The standard InChI is InChI=1S/C21H17NO/c22-14-15-5-4-6-16(11-15)17-7-8-18-13-21(9-2-1-3-10-21)20(23)19(18)12-17/h1-2,4-8,11-12H,3,9-10,13H2. The highest BCUT2D eigenvalue weighted by Gasteiger charge is 2.44. The Hall–Kier alpha value is -2.66. The van der Waals surface area contributed by atoms with Crippen molar-refractivity contribution in [3.05, 3.63) is 71.3 Å². The molecule has 0 saturated heterocycles. The molecule has 1 unspecified atom stereocenters. The van der Waals surface area contributed by atoms with Crippen LogP contribution < -0.4 is 0 Å². The molecule has 0 saturated carbocycles. The lowest BCUT2D eigenvalue weighted by Gasteiger charge is -2.28. The summed E-state index contributed by atoms with van der Waals surface area (Å²) in [7, 11) is 0. The number of fused-ring (bicyclic) bond motifs is 1. The molecule has 0 aromatic heterocycles. The molecule has 2 aliphatic rings. The van der Waals surface area contributed by atoms with Gasteiger partial charge in [-0.3, -0.25) is 4.79 Å². The Morgan fingerprint density at radius 1 is 1.04 bits per heavy atom. The van der Waals surface area contributed by atoms with E-state index in [2.05, 4.69) is 30.4 Å². The molecule has 2 aromatic rings. The number of carbonyl (C=O) groups excluding carboxylic acids is 1. The molecule has 0 N–H and O–H groups in total. The number of nitrogens with zero attached hydrogens (tertiary/aromatic N) is 1. The summed E-state index contributed by atoms with van der Waals surface area (Å²) >= 11 is 0. The molecule has 23 heavy (non-hydrogen) atoms. The van der Waals surface area contributed by atoms with E-state index in [-0.39, 0.29) is 5.41 Å². The van der Waals surface area contributed by atoms with E-state index < -0.39 is 0 Å². The molecule has 0 amide bonds. The Morgan fingerprint density at radius 2 is 1.91 bits per heavy atom. The van der Waals surface area contributed by atoms with Crippen molar-refractivity contribution in [1.82, 2.24) is 0 Å². The van der Waals surface area contributed by atoms with Crippen LogP contribution in [-0.4, -0.2) is 5.78 Å². The number of benzene rings is 2. The molecule has 0 bridgehead atoms. The van der Waals surface area contributed by atoms with Gasteiger partial charge in [0.05, 0.1) is 11.6 Å². The maximum Gasteiger partial charge on any atom is 0.169 e. The molecule has 112 valence electrons. The van der Waals surface area contributed by atoms with Crippen LogP contribution in [0.4, 0.5) is 0 Å². The summed E-state index contributed by atoms with van der Waals surface area (Å²) < 4.78 is 0. The maximum atomic E-state index is 13.0. The van der Waals surface area contributed by atoms with Gasteiger partial charge >= 0.3 is 0 Å². The van der Waals surface area contributed by atoms with E-state index in [1.807, 2.05) is 24.3 Å². The van der Waals surface area contributed by atoms with Gasteiger partial charge in [0.2, 0.25) is 0 Å². The molecular formula is C21H17NO. The average molecular weight is 299 g/mol. The van der Waals surface area contributed by atoms with E-state index in [0.29, 0.717) is 11.3 Å². The number of allylic oxidation sites excluding steroid dienone is 2. The van der Waals surface area contributed by atoms with Gasteiger partial charge in [-0.1, -0.05) is 36.4 Å². The molecule has 2 aromatic carbocycles. The Morgan fingerprint density at radius 3 is 2.70 bits per heavy atom. The molecule has 2 heteroatoms. The van der Waals surface area contributed by atoms with Crippen LogP contribution in [0.5, 0.6) is 0 Å². The van der Waals surface area contributed by atoms with E-state index in [4.69, 9.17) is 5.26 Å². The van der Waals surface area contributed by atoms with E-state index in [0.717, 1.165) is 42.4 Å². The Labute approximate surface area is 136 Å². The third-order valence-electron chi connectivity index (χ3n) is 5.15. The monoisotopic (exact) mass is 299 g/mol. The summed E-state index contributed by atoms with van der Waals surface area (Å²) in [6, 6.07) is 15.9. The van der Waals surface area contributed by atoms with Gasteiger partial charge in [-0.25, -0.2) is 0 Å². The number of carbonyl (C=O) groups is 1. The zero-order valence-corrected chi connectivity index (χ0v) is 12.9. The van der Waals surface area contributed by atoms with Crippen molar-refractivity contribution >= 4 is 5.78 Å². The molecule has 2 aliphatic carbocycles. The molecule has 1 atom stereocenters. The SMILES string of the molecule is N#Cc1cccc(-c2ccc3c(c2)C(=O)C2(CC=CCC2)C3)c1. The second-order valence-electron chi connectivity index (χ2n) is 6.56. The lowest BCUT2D eigenvalue weighted by molar-refractivity contribution is 0.0803. The van der Waals surface area contributed by atoms with E-state index in [1.54, 1.807) is 6.07 Å². The fourth-order valence-corrected chi connectivity index (χ4v) is 3.88. The molecule has 0 heterocycles. The van der Waals surface area contributed by atoms with Crippen LogP contribution >= 0.6 is 0 Å². The van der Waals surface area contributed by atoms with Crippen molar-refractivity contribution in [2.24, 2.45) is 5.41 Å². The van der Waals surface area contributed by atoms with Crippen molar-refractivity contribution in [3.8, 4) is 17.2 Å². The van der Waals surface area contributed by atoms with Crippen LogP contribution in [0.25, 0.3) is 11.1 Å². The second-order valence-corrected chi connectivity index (χ2v) is 6.56. The normalized spacial score (nSPS) is 22.1. The van der Waals surface area contributed by atoms with Gasteiger partial charge in [0.25, 0.3) is 0 Å². The smallest absolute Gasteiger partial charge is 0.169 e. The van der Waals surface area contributed by atoms with Crippen molar-refractivity contribution in [3.63, 3.8) is 0 Å². The summed E-state index contributed by atoms with van der Waals surface area (Å²) in [6.07, 6.45) is 8.02. The van der Waals surface area contributed by atoms with Gasteiger partial charge in [-0.2, -0.15) is 5.26 Å². The summed E-state index contributed by atoms with van der Waals surface area (Å²) in [5.41, 5.74) is 4.49. The van der Waals surface area contributed by atoms with E-state index in [9.17, 15) is 4.79 Å². The largest absolute Gasteiger partial charge is 0.294 e. The number of Topliss-reactive ketones (excluding diaryl/α,β-unsaturated/α-hetero) is 1. The molecular weight excluding hydrogens is 282 g/mol. The van der Waals surface area contributed by atoms with Gasteiger partial charge in [0, 0.05) is 11.0 Å². The number of hydrogen-bond donors (Lipinski definition) is 0.